The molecule has 3 rings (SSSR count). The van der Waals surface area contributed by atoms with Crippen LogP contribution in [-0.4, -0.2) is 23.6 Å². The van der Waals surface area contributed by atoms with Gasteiger partial charge in [0.1, 0.15) is 12.4 Å². The Kier molecular flexibility index (Phi) is 5.63. The van der Waals surface area contributed by atoms with Crippen LogP contribution in [0.1, 0.15) is 38.5 Å². The van der Waals surface area contributed by atoms with Gasteiger partial charge in [0.2, 0.25) is 5.91 Å². The van der Waals surface area contributed by atoms with Gasteiger partial charge in [0.15, 0.2) is 4.80 Å². The van der Waals surface area contributed by atoms with Crippen molar-refractivity contribution in [1.29, 1.82) is 0 Å². The number of carbonyl (C=O) groups is 2. The molecule has 0 radical (unpaired) electrons. The van der Waals surface area contributed by atoms with Crippen molar-refractivity contribution in [2.24, 2.45) is 10.9 Å². The minimum atomic E-state index is -0.440. The number of thiazole rings is 1. The van der Waals surface area contributed by atoms with E-state index < -0.39 is 5.97 Å². The molecule has 0 atom stereocenters. The highest BCUT2D eigenvalue weighted by Gasteiger charge is 2.18. The van der Waals surface area contributed by atoms with Gasteiger partial charge in [0, 0.05) is 6.42 Å². The Morgan fingerprint density at radius 1 is 1.32 bits per heavy atom. The maximum absolute atomic E-state index is 13.5. The lowest BCUT2D eigenvalue weighted by atomic mass is 9.87. The van der Waals surface area contributed by atoms with Gasteiger partial charge in [-0.3, -0.25) is 9.59 Å². The van der Waals surface area contributed by atoms with Crippen LogP contribution in [0.5, 0.6) is 0 Å². The molecule has 0 aliphatic heterocycles. The molecular formula is C18H21FN2O3S. The van der Waals surface area contributed by atoms with Gasteiger partial charge in [-0.15, -0.1) is 0 Å². The van der Waals surface area contributed by atoms with Crippen molar-refractivity contribution < 1.29 is 18.7 Å². The maximum Gasteiger partial charge on any atom is 0.325 e. The third-order valence-corrected chi connectivity index (χ3v) is 5.61. The molecule has 5 nitrogen and oxygen atoms in total. The largest absolute Gasteiger partial charge is 0.468 e. The number of aromatic nitrogens is 1. The number of rotatable bonds is 4. The fourth-order valence-corrected chi connectivity index (χ4v) is 4.34. The number of fused-ring (bicyclic) bond motifs is 1. The third kappa shape index (κ3) is 4.34. The first-order valence-corrected chi connectivity index (χ1v) is 9.31. The summed E-state index contributed by atoms with van der Waals surface area (Å²) in [5.41, 5.74) is 0.668. The molecule has 134 valence electrons. The second-order valence-electron chi connectivity index (χ2n) is 6.37. The summed E-state index contributed by atoms with van der Waals surface area (Å²) in [5, 5.41) is 0. The quantitative estimate of drug-likeness (QED) is 0.781. The zero-order valence-electron chi connectivity index (χ0n) is 14.2. The molecule has 2 aromatic rings. The third-order valence-electron chi connectivity index (χ3n) is 4.57. The molecule has 1 fully saturated rings. The first-order chi connectivity index (χ1) is 12.1. The number of methoxy groups -OCH3 is 1. The van der Waals surface area contributed by atoms with Crippen LogP contribution in [0.3, 0.4) is 0 Å². The van der Waals surface area contributed by atoms with Crippen molar-refractivity contribution in [1.82, 2.24) is 4.57 Å². The molecule has 1 heterocycles. The van der Waals surface area contributed by atoms with E-state index in [0.717, 1.165) is 12.8 Å². The standard InChI is InChI=1S/C18H21FN2O3S/c1-24-17(23)11-21-14-8-7-13(19)10-15(14)25-18(21)20-16(22)9-12-5-3-2-4-6-12/h7-8,10,12H,2-6,9,11H2,1H3. The van der Waals surface area contributed by atoms with Crippen LogP contribution in [-0.2, 0) is 20.9 Å². The molecular weight excluding hydrogens is 343 g/mol. The summed E-state index contributed by atoms with van der Waals surface area (Å²) in [4.78, 5) is 28.7. The molecule has 7 heteroatoms. The van der Waals surface area contributed by atoms with Crippen LogP contribution in [0.4, 0.5) is 4.39 Å². The number of ether oxygens (including phenoxy) is 1. The number of carbonyl (C=O) groups excluding carboxylic acids is 2. The topological polar surface area (TPSA) is 60.7 Å². The number of benzene rings is 1. The van der Waals surface area contributed by atoms with Crippen molar-refractivity contribution in [3.63, 3.8) is 0 Å². The van der Waals surface area contributed by atoms with Crippen LogP contribution in [0, 0.1) is 11.7 Å². The molecule has 1 aromatic heterocycles. The maximum atomic E-state index is 13.5. The van der Waals surface area contributed by atoms with Crippen LogP contribution in [0.25, 0.3) is 10.2 Å². The van der Waals surface area contributed by atoms with Crippen LogP contribution < -0.4 is 4.80 Å². The molecule has 25 heavy (non-hydrogen) atoms. The van der Waals surface area contributed by atoms with Gasteiger partial charge in [0.05, 0.1) is 17.3 Å². The Bertz CT molecular complexity index is 850. The molecule has 0 bridgehead atoms. The first-order valence-electron chi connectivity index (χ1n) is 8.50. The summed E-state index contributed by atoms with van der Waals surface area (Å²) >= 11 is 1.21. The second kappa shape index (κ2) is 7.91. The zero-order chi connectivity index (χ0) is 17.8. The monoisotopic (exact) mass is 364 g/mol. The Morgan fingerprint density at radius 3 is 2.80 bits per heavy atom. The Balaban J connectivity index is 1.93. The molecule has 1 aromatic carbocycles. The van der Waals surface area contributed by atoms with E-state index in [2.05, 4.69) is 4.99 Å². The number of nitrogens with zero attached hydrogens (tertiary/aromatic N) is 2. The van der Waals surface area contributed by atoms with Gasteiger partial charge in [-0.05, 0) is 37.0 Å². The van der Waals surface area contributed by atoms with Crippen molar-refractivity contribution in [2.45, 2.75) is 45.1 Å². The summed E-state index contributed by atoms with van der Waals surface area (Å²) < 4.78 is 20.5. The molecule has 1 amide bonds. The minimum absolute atomic E-state index is 0.0579. The van der Waals surface area contributed by atoms with E-state index in [4.69, 9.17) is 4.74 Å². The van der Waals surface area contributed by atoms with E-state index in [9.17, 15) is 14.0 Å². The van der Waals surface area contributed by atoms with Crippen LogP contribution in [0.2, 0.25) is 0 Å². The number of hydrogen-bond acceptors (Lipinski definition) is 4. The first kappa shape index (κ1) is 17.8. The molecule has 0 spiro atoms. The summed E-state index contributed by atoms with van der Waals surface area (Å²) in [6.45, 7) is -0.0579. The summed E-state index contributed by atoms with van der Waals surface area (Å²) in [6.07, 6.45) is 6.15. The second-order valence-corrected chi connectivity index (χ2v) is 7.38. The summed E-state index contributed by atoms with van der Waals surface area (Å²) in [5.74, 6) is -0.590. The van der Waals surface area contributed by atoms with E-state index in [1.165, 1.54) is 49.8 Å². The fourth-order valence-electron chi connectivity index (χ4n) is 3.27. The number of hydrogen-bond donors (Lipinski definition) is 0. The smallest absolute Gasteiger partial charge is 0.325 e. The average molecular weight is 364 g/mol. The minimum Gasteiger partial charge on any atom is -0.468 e. The predicted octanol–water partition coefficient (Wildman–Crippen LogP) is 3.41. The highest BCUT2D eigenvalue weighted by Crippen LogP contribution is 2.26. The highest BCUT2D eigenvalue weighted by atomic mass is 32.1. The zero-order valence-corrected chi connectivity index (χ0v) is 15.0. The molecule has 1 aliphatic carbocycles. The Morgan fingerprint density at radius 2 is 2.08 bits per heavy atom. The predicted molar refractivity (Wildman–Crippen MR) is 93.6 cm³/mol. The van der Waals surface area contributed by atoms with E-state index >= 15 is 0 Å². The Labute approximate surface area is 149 Å². The van der Waals surface area contributed by atoms with E-state index in [-0.39, 0.29) is 18.3 Å². The summed E-state index contributed by atoms with van der Waals surface area (Å²) in [6, 6.07) is 4.31. The number of amides is 1. The molecule has 0 N–H and O–H groups in total. The van der Waals surface area contributed by atoms with Gasteiger partial charge in [-0.1, -0.05) is 30.6 Å². The molecule has 0 unspecified atom stereocenters. The van der Waals surface area contributed by atoms with Gasteiger partial charge in [-0.2, -0.15) is 4.99 Å². The van der Waals surface area contributed by atoms with Crippen molar-refractivity contribution >= 4 is 33.4 Å². The number of halogens is 1. The van der Waals surface area contributed by atoms with Gasteiger partial charge < -0.3 is 9.30 Å². The average Bonchev–Trinajstić information content (AvgIpc) is 2.91. The van der Waals surface area contributed by atoms with Crippen LogP contribution in [0.15, 0.2) is 23.2 Å². The number of esters is 1. The summed E-state index contributed by atoms with van der Waals surface area (Å²) in [7, 11) is 1.31. The van der Waals surface area contributed by atoms with Gasteiger partial charge in [-0.25, -0.2) is 4.39 Å². The fraction of sp³-hybridized carbons (Fsp3) is 0.500. The normalized spacial score (nSPS) is 16.3. The highest BCUT2D eigenvalue weighted by molar-refractivity contribution is 7.16. The molecule has 1 saturated carbocycles. The van der Waals surface area contributed by atoms with Gasteiger partial charge in [0.25, 0.3) is 0 Å². The lowest BCUT2D eigenvalue weighted by Gasteiger charge is -2.19. The van der Waals surface area contributed by atoms with E-state index in [1.807, 2.05) is 0 Å². The van der Waals surface area contributed by atoms with Crippen LogP contribution >= 0.6 is 11.3 Å². The lowest BCUT2D eigenvalue weighted by Crippen LogP contribution is -2.23. The van der Waals surface area contributed by atoms with Crippen molar-refractivity contribution in [3.05, 3.63) is 28.8 Å². The van der Waals surface area contributed by atoms with E-state index in [1.54, 1.807) is 10.6 Å². The van der Waals surface area contributed by atoms with Crippen molar-refractivity contribution in [3.8, 4) is 0 Å². The van der Waals surface area contributed by atoms with E-state index in [0.29, 0.717) is 27.4 Å². The SMILES string of the molecule is COC(=O)Cn1c(=NC(=O)CC2CCCCC2)sc2cc(F)ccc21. The Hall–Kier alpha value is -2.02. The molecule has 0 saturated heterocycles. The van der Waals surface area contributed by atoms with Crippen molar-refractivity contribution in [2.75, 3.05) is 7.11 Å². The molecule has 1 aliphatic rings. The lowest BCUT2D eigenvalue weighted by molar-refractivity contribution is -0.141. The van der Waals surface area contributed by atoms with Gasteiger partial charge >= 0.3 is 5.97 Å².